The Balaban J connectivity index is 2.16. The highest BCUT2D eigenvalue weighted by molar-refractivity contribution is 5.04. The van der Waals surface area contributed by atoms with Gasteiger partial charge in [-0.2, -0.15) is 4.98 Å². The van der Waals surface area contributed by atoms with E-state index in [2.05, 4.69) is 22.4 Å². The van der Waals surface area contributed by atoms with E-state index in [-0.39, 0.29) is 0 Å². The van der Waals surface area contributed by atoms with Crippen LogP contribution in [0.5, 0.6) is 0 Å². The monoisotopic (exact) mass is 295 g/mol. The minimum absolute atomic E-state index is 0.327. The van der Waals surface area contributed by atoms with Crippen LogP contribution in [0, 0.1) is 0 Å². The summed E-state index contributed by atoms with van der Waals surface area (Å²) in [6.45, 7) is 7.17. The van der Waals surface area contributed by atoms with Gasteiger partial charge in [0.2, 0.25) is 11.7 Å². The lowest BCUT2D eigenvalue weighted by Gasteiger charge is -2.23. The molecule has 0 amide bonds. The molecule has 0 radical (unpaired) electrons. The number of ether oxygens (including phenoxy) is 1. The fourth-order valence-corrected chi connectivity index (χ4v) is 2.90. The fraction of sp³-hybridized carbons (Fsp3) is 0.875. The van der Waals surface area contributed by atoms with Crippen molar-refractivity contribution in [2.45, 2.75) is 76.9 Å². The third-order valence-electron chi connectivity index (χ3n) is 4.48. The Bertz CT molecular complexity index is 431. The van der Waals surface area contributed by atoms with Crippen LogP contribution in [-0.2, 0) is 10.3 Å². The van der Waals surface area contributed by atoms with Crippen molar-refractivity contribution in [1.29, 1.82) is 0 Å². The maximum Gasteiger partial charge on any atom is 0.231 e. The molecule has 120 valence electrons. The second-order valence-corrected chi connectivity index (χ2v) is 6.48. The van der Waals surface area contributed by atoms with Crippen LogP contribution < -0.4 is 5.32 Å². The zero-order valence-electron chi connectivity index (χ0n) is 13.8. The smallest absolute Gasteiger partial charge is 0.231 e. The standard InChI is InChI=1S/C16H29N3O2/c1-5-11-17-13-10-8-6-7-9-12(13)14-18-15(19-21-14)16(2,3)20-4/h12-13,17H,5-11H2,1-4H3. The van der Waals surface area contributed by atoms with E-state index in [1.165, 1.54) is 25.7 Å². The van der Waals surface area contributed by atoms with Gasteiger partial charge in [0.1, 0.15) is 5.60 Å². The molecule has 2 atom stereocenters. The Hall–Kier alpha value is -0.940. The SMILES string of the molecule is CCCNC1CCCCCC1c1nc(C(C)(C)OC)no1. The maximum atomic E-state index is 5.58. The number of nitrogens with one attached hydrogen (secondary N) is 1. The van der Waals surface area contributed by atoms with Gasteiger partial charge in [0.15, 0.2) is 0 Å². The summed E-state index contributed by atoms with van der Waals surface area (Å²) >= 11 is 0. The van der Waals surface area contributed by atoms with Crippen molar-refractivity contribution in [3.8, 4) is 0 Å². The average molecular weight is 295 g/mol. The first-order chi connectivity index (χ1) is 10.1. The molecule has 5 heteroatoms. The van der Waals surface area contributed by atoms with Gasteiger partial charge in [0, 0.05) is 13.2 Å². The first-order valence-electron chi connectivity index (χ1n) is 8.21. The number of aromatic nitrogens is 2. The van der Waals surface area contributed by atoms with Gasteiger partial charge in [0.25, 0.3) is 0 Å². The van der Waals surface area contributed by atoms with Gasteiger partial charge in [-0.05, 0) is 39.7 Å². The topological polar surface area (TPSA) is 60.2 Å². The van der Waals surface area contributed by atoms with E-state index >= 15 is 0 Å². The molecule has 1 saturated carbocycles. The van der Waals surface area contributed by atoms with Gasteiger partial charge in [-0.1, -0.05) is 31.3 Å². The van der Waals surface area contributed by atoms with Gasteiger partial charge in [0.05, 0.1) is 5.92 Å². The van der Waals surface area contributed by atoms with E-state index in [0.29, 0.717) is 17.8 Å². The molecule has 2 unspecified atom stereocenters. The summed E-state index contributed by atoms with van der Waals surface area (Å²) in [7, 11) is 1.67. The van der Waals surface area contributed by atoms with Crippen LogP contribution in [0.25, 0.3) is 0 Å². The summed E-state index contributed by atoms with van der Waals surface area (Å²) in [6, 6.07) is 0.450. The third-order valence-corrected chi connectivity index (χ3v) is 4.48. The molecule has 0 aliphatic heterocycles. The van der Waals surface area contributed by atoms with Crippen LogP contribution >= 0.6 is 0 Å². The summed E-state index contributed by atoms with van der Waals surface area (Å²) in [5, 5.41) is 7.80. The van der Waals surface area contributed by atoms with E-state index in [1.54, 1.807) is 7.11 Å². The molecule has 1 aliphatic rings. The van der Waals surface area contributed by atoms with Crippen molar-refractivity contribution in [2.75, 3.05) is 13.7 Å². The number of methoxy groups -OCH3 is 1. The Morgan fingerprint density at radius 3 is 2.76 bits per heavy atom. The highest BCUT2D eigenvalue weighted by Gasteiger charge is 2.32. The average Bonchev–Trinajstić information content (AvgIpc) is 2.86. The molecule has 0 bridgehead atoms. The van der Waals surface area contributed by atoms with E-state index in [1.807, 2.05) is 13.8 Å². The maximum absolute atomic E-state index is 5.58. The fourth-order valence-electron chi connectivity index (χ4n) is 2.90. The normalized spacial score (nSPS) is 24.0. The summed E-state index contributed by atoms with van der Waals surface area (Å²) < 4.78 is 11.0. The molecule has 5 nitrogen and oxygen atoms in total. The van der Waals surface area contributed by atoms with Crippen molar-refractivity contribution < 1.29 is 9.26 Å². The van der Waals surface area contributed by atoms with Gasteiger partial charge >= 0.3 is 0 Å². The molecule has 0 spiro atoms. The van der Waals surface area contributed by atoms with Crippen molar-refractivity contribution in [3.63, 3.8) is 0 Å². The predicted octanol–water partition coefficient (Wildman–Crippen LogP) is 3.37. The molecule has 0 saturated heterocycles. The number of hydrogen-bond acceptors (Lipinski definition) is 5. The molecular formula is C16H29N3O2. The molecule has 2 rings (SSSR count). The second-order valence-electron chi connectivity index (χ2n) is 6.48. The zero-order valence-corrected chi connectivity index (χ0v) is 13.8. The van der Waals surface area contributed by atoms with Crippen molar-refractivity contribution in [2.24, 2.45) is 0 Å². The number of nitrogens with zero attached hydrogens (tertiary/aromatic N) is 2. The van der Waals surface area contributed by atoms with Gasteiger partial charge < -0.3 is 14.6 Å². The highest BCUT2D eigenvalue weighted by Crippen LogP contribution is 2.32. The molecule has 1 N–H and O–H groups in total. The quantitative estimate of drug-likeness (QED) is 0.815. The van der Waals surface area contributed by atoms with Crippen LogP contribution in [-0.4, -0.2) is 29.8 Å². The highest BCUT2D eigenvalue weighted by atomic mass is 16.5. The van der Waals surface area contributed by atoms with Gasteiger partial charge in [-0.15, -0.1) is 0 Å². The summed E-state index contributed by atoms with van der Waals surface area (Å²) in [4.78, 5) is 4.63. The predicted molar refractivity (Wildman–Crippen MR) is 82.2 cm³/mol. The third kappa shape index (κ3) is 4.04. The van der Waals surface area contributed by atoms with E-state index in [9.17, 15) is 0 Å². The lowest BCUT2D eigenvalue weighted by atomic mass is 9.94. The van der Waals surface area contributed by atoms with Gasteiger partial charge in [-0.25, -0.2) is 0 Å². The first kappa shape index (κ1) is 16.4. The molecule has 0 aromatic carbocycles. The lowest BCUT2D eigenvalue weighted by Crippen LogP contribution is -2.35. The number of hydrogen-bond donors (Lipinski definition) is 1. The molecule has 1 aliphatic carbocycles. The van der Waals surface area contributed by atoms with Gasteiger partial charge in [-0.3, -0.25) is 0 Å². The number of rotatable bonds is 6. The van der Waals surface area contributed by atoms with Crippen molar-refractivity contribution in [1.82, 2.24) is 15.5 Å². The Labute approximate surface area is 127 Å². The van der Waals surface area contributed by atoms with Crippen molar-refractivity contribution in [3.05, 3.63) is 11.7 Å². The second kappa shape index (κ2) is 7.36. The van der Waals surface area contributed by atoms with Crippen LogP contribution in [0.2, 0.25) is 0 Å². The van der Waals surface area contributed by atoms with Crippen LogP contribution in [0.3, 0.4) is 0 Å². The minimum Gasteiger partial charge on any atom is -0.371 e. The molecular weight excluding hydrogens is 266 g/mol. The zero-order chi connectivity index (χ0) is 15.3. The summed E-state index contributed by atoms with van der Waals surface area (Å²) in [5.74, 6) is 1.73. The Morgan fingerprint density at radius 1 is 1.29 bits per heavy atom. The molecule has 21 heavy (non-hydrogen) atoms. The Morgan fingerprint density at radius 2 is 2.05 bits per heavy atom. The lowest BCUT2D eigenvalue weighted by molar-refractivity contribution is 0.00973. The van der Waals surface area contributed by atoms with Crippen LogP contribution in [0.4, 0.5) is 0 Å². The summed E-state index contributed by atoms with van der Waals surface area (Å²) in [6.07, 6.45) is 7.27. The summed E-state index contributed by atoms with van der Waals surface area (Å²) in [5.41, 5.74) is -0.501. The van der Waals surface area contributed by atoms with E-state index in [4.69, 9.17) is 9.26 Å². The molecule has 1 fully saturated rings. The largest absolute Gasteiger partial charge is 0.371 e. The molecule has 1 aromatic rings. The minimum atomic E-state index is -0.501. The van der Waals surface area contributed by atoms with Crippen LogP contribution in [0.1, 0.15) is 76.9 Å². The van der Waals surface area contributed by atoms with E-state index in [0.717, 1.165) is 25.3 Å². The van der Waals surface area contributed by atoms with Crippen LogP contribution in [0.15, 0.2) is 4.52 Å². The first-order valence-corrected chi connectivity index (χ1v) is 8.21. The van der Waals surface area contributed by atoms with Crippen molar-refractivity contribution >= 4 is 0 Å². The molecule has 1 aromatic heterocycles. The van der Waals surface area contributed by atoms with E-state index < -0.39 is 5.60 Å². The molecule has 1 heterocycles. The Kier molecular flexibility index (Phi) is 5.76.